The van der Waals surface area contributed by atoms with Crippen molar-refractivity contribution < 1.29 is 9.90 Å². The van der Waals surface area contributed by atoms with Crippen molar-refractivity contribution in [3.05, 3.63) is 35.4 Å². The van der Waals surface area contributed by atoms with Crippen LogP contribution in [0.2, 0.25) is 0 Å². The van der Waals surface area contributed by atoms with E-state index in [4.69, 9.17) is 0 Å². The smallest absolute Gasteiger partial charge is 0.253 e. The first-order chi connectivity index (χ1) is 13.5. The van der Waals surface area contributed by atoms with E-state index in [1.807, 2.05) is 36.1 Å². The predicted molar refractivity (Wildman–Crippen MR) is 112 cm³/mol. The molecule has 3 aliphatic heterocycles. The highest BCUT2D eigenvalue weighted by Gasteiger charge is 2.44. The number of nitrogens with one attached hydrogen (secondary N) is 1. The summed E-state index contributed by atoms with van der Waals surface area (Å²) < 4.78 is 0. The second-order valence-electron chi connectivity index (χ2n) is 9.07. The minimum absolute atomic E-state index is 0.141. The van der Waals surface area contributed by atoms with Crippen LogP contribution in [0.5, 0.6) is 0 Å². The maximum absolute atomic E-state index is 12.7. The van der Waals surface area contributed by atoms with Crippen LogP contribution in [0.1, 0.15) is 60.9 Å². The van der Waals surface area contributed by atoms with Gasteiger partial charge in [-0.1, -0.05) is 24.1 Å². The Bertz CT molecular complexity index is 667. The second-order valence-corrected chi connectivity index (χ2v) is 9.07. The molecular formula is C23H35N3O2. The van der Waals surface area contributed by atoms with Crippen LogP contribution in [0.25, 0.3) is 0 Å². The highest BCUT2D eigenvalue weighted by molar-refractivity contribution is 5.94. The third kappa shape index (κ3) is 4.27. The van der Waals surface area contributed by atoms with Gasteiger partial charge in [-0.2, -0.15) is 0 Å². The molecule has 0 spiro atoms. The van der Waals surface area contributed by atoms with E-state index in [9.17, 15) is 9.90 Å². The van der Waals surface area contributed by atoms with E-state index in [-0.39, 0.29) is 5.91 Å². The summed E-state index contributed by atoms with van der Waals surface area (Å²) in [6.07, 6.45) is 7.56. The summed E-state index contributed by atoms with van der Waals surface area (Å²) in [5, 5.41) is 15.0. The number of amides is 1. The van der Waals surface area contributed by atoms with Gasteiger partial charge in [-0.25, -0.2) is 0 Å². The highest BCUT2D eigenvalue weighted by Crippen LogP contribution is 2.34. The number of benzene rings is 1. The molecule has 0 aliphatic carbocycles. The number of hydrogen-bond donors (Lipinski definition) is 2. The van der Waals surface area contributed by atoms with Crippen LogP contribution >= 0.6 is 0 Å². The van der Waals surface area contributed by atoms with Gasteiger partial charge in [0, 0.05) is 37.3 Å². The minimum atomic E-state index is -0.590. The van der Waals surface area contributed by atoms with Crippen molar-refractivity contribution in [2.75, 3.05) is 32.7 Å². The lowest BCUT2D eigenvalue weighted by molar-refractivity contribution is -0.0934. The van der Waals surface area contributed by atoms with Gasteiger partial charge in [-0.3, -0.25) is 9.69 Å². The van der Waals surface area contributed by atoms with Crippen LogP contribution in [0.15, 0.2) is 24.3 Å². The lowest BCUT2D eigenvalue weighted by Gasteiger charge is -2.50. The van der Waals surface area contributed by atoms with Crippen LogP contribution in [0.4, 0.5) is 0 Å². The third-order valence-electron chi connectivity index (χ3n) is 7.07. The van der Waals surface area contributed by atoms with E-state index in [0.29, 0.717) is 18.6 Å². The SMILES string of the molecule is Cc1ccc(C(=O)N2CCC(NC[C@]3(O)CCCN4CCCC[C@@H]43)CC2)cc1. The predicted octanol–water partition coefficient (Wildman–Crippen LogP) is 2.57. The van der Waals surface area contributed by atoms with Crippen molar-refractivity contribution >= 4 is 5.91 Å². The molecule has 0 unspecified atom stereocenters. The van der Waals surface area contributed by atoms with Crippen molar-refractivity contribution in [3.63, 3.8) is 0 Å². The van der Waals surface area contributed by atoms with Gasteiger partial charge in [-0.15, -0.1) is 0 Å². The normalized spacial score (nSPS) is 29.5. The molecule has 154 valence electrons. The quantitative estimate of drug-likeness (QED) is 0.836. The summed E-state index contributed by atoms with van der Waals surface area (Å²) in [5.41, 5.74) is 1.37. The fourth-order valence-electron chi connectivity index (χ4n) is 5.31. The van der Waals surface area contributed by atoms with Crippen LogP contribution in [-0.2, 0) is 0 Å². The molecule has 4 rings (SSSR count). The molecule has 0 aromatic heterocycles. The zero-order valence-corrected chi connectivity index (χ0v) is 17.2. The van der Waals surface area contributed by atoms with Crippen LogP contribution in [0, 0.1) is 6.92 Å². The average Bonchev–Trinajstić information content (AvgIpc) is 2.73. The van der Waals surface area contributed by atoms with E-state index in [1.54, 1.807) is 0 Å². The molecule has 1 amide bonds. The molecule has 5 nitrogen and oxygen atoms in total. The van der Waals surface area contributed by atoms with E-state index in [2.05, 4.69) is 10.2 Å². The molecule has 2 N–H and O–H groups in total. The standard InChI is InChI=1S/C23H35N3O2/c1-18-6-8-19(9-7-18)22(27)26-15-10-20(11-16-26)24-17-23(28)12-4-14-25-13-3-2-5-21(23)25/h6-9,20-21,24,28H,2-5,10-17H2,1H3/t21-,23-/m1/s1. The van der Waals surface area contributed by atoms with Crippen molar-refractivity contribution in [3.8, 4) is 0 Å². The van der Waals surface area contributed by atoms with E-state index in [1.165, 1.54) is 18.4 Å². The molecule has 1 aromatic carbocycles. The molecule has 3 aliphatic rings. The molecule has 0 saturated carbocycles. The Morgan fingerprint density at radius 1 is 1.07 bits per heavy atom. The molecule has 0 bridgehead atoms. The maximum atomic E-state index is 12.7. The highest BCUT2D eigenvalue weighted by atomic mass is 16.3. The van der Waals surface area contributed by atoms with E-state index in [0.717, 1.165) is 63.8 Å². The van der Waals surface area contributed by atoms with Gasteiger partial charge in [-0.05, 0) is 70.7 Å². The Labute approximate surface area is 169 Å². The van der Waals surface area contributed by atoms with Crippen molar-refractivity contribution in [1.82, 2.24) is 15.1 Å². The number of rotatable bonds is 4. The van der Waals surface area contributed by atoms with Gasteiger partial charge >= 0.3 is 0 Å². The first-order valence-corrected chi connectivity index (χ1v) is 11.1. The third-order valence-corrected chi connectivity index (χ3v) is 7.07. The van der Waals surface area contributed by atoms with E-state index >= 15 is 0 Å². The van der Waals surface area contributed by atoms with Gasteiger partial charge in [0.1, 0.15) is 0 Å². The molecule has 3 saturated heterocycles. The number of carbonyl (C=O) groups excluding carboxylic acids is 1. The Balaban J connectivity index is 1.27. The fourth-order valence-corrected chi connectivity index (χ4v) is 5.31. The Morgan fingerprint density at radius 2 is 1.79 bits per heavy atom. The second kappa shape index (κ2) is 8.52. The number of piperidine rings is 3. The number of likely N-dealkylation sites (tertiary alicyclic amines) is 1. The molecule has 0 radical (unpaired) electrons. The van der Waals surface area contributed by atoms with Crippen molar-refractivity contribution in [2.24, 2.45) is 0 Å². The number of nitrogens with zero attached hydrogens (tertiary/aromatic N) is 2. The summed E-state index contributed by atoms with van der Waals surface area (Å²) in [6, 6.07) is 8.57. The number of carbonyl (C=O) groups is 1. The fraction of sp³-hybridized carbons (Fsp3) is 0.696. The zero-order valence-electron chi connectivity index (χ0n) is 17.2. The van der Waals surface area contributed by atoms with Crippen LogP contribution in [-0.4, -0.2) is 71.2 Å². The number of hydrogen-bond acceptors (Lipinski definition) is 4. The van der Waals surface area contributed by atoms with Gasteiger partial charge in [0.2, 0.25) is 0 Å². The van der Waals surface area contributed by atoms with Crippen LogP contribution < -0.4 is 5.32 Å². The van der Waals surface area contributed by atoms with Crippen molar-refractivity contribution in [1.29, 1.82) is 0 Å². The summed E-state index contributed by atoms with van der Waals surface area (Å²) in [7, 11) is 0. The summed E-state index contributed by atoms with van der Waals surface area (Å²) in [5.74, 6) is 0.141. The summed E-state index contributed by atoms with van der Waals surface area (Å²) >= 11 is 0. The maximum Gasteiger partial charge on any atom is 0.253 e. The zero-order chi connectivity index (χ0) is 19.6. The van der Waals surface area contributed by atoms with Gasteiger partial charge < -0.3 is 15.3 Å². The lowest BCUT2D eigenvalue weighted by atomic mass is 9.79. The number of fused-ring (bicyclic) bond motifs is 1. The molecule has 5 heteroatoms. The first kappa shape index (κ1) is 19.9. The molecule has 1 aromatic rings. The number of aliphatic hydroxyl groups is 1. The first-order valence-electron chi connectivity index (χ1n) is 11.1. The topological polar surface area (TPSA) is 55.8 Å². The van der Waals surface area contributed by atoms with Gasteiger partial charge in [0.05, 0.1) is 5.60 Å². The van der Waals surface area contributed by atoms with Crippen LogP contribution in [0.3, 0.4) is 0 Å². The van der Waals surface area contributed by atoms with Gasteiger partial charge in [0.25, 0.3) is 5.91 Å². The average molecular weight is 386 g/mol. The van der Waals surface area contributed by atoms with Gasteiger partial charge in [0.15, 0.2) is 0 Å². The monoisotopic (exact) mass is 385 g/mol. The molecule has 3 fully saturated rings. The van der Waals surface area contributed by atoms with Crippen molar-refractivity contribution in [2.45, 2.75) is 69.6 Å². The van der Waals surface area contributed by atoms with E-state index < -0.39 is 5.60 Å². The minimum Gasteiger partial charge on any atom is -0.387 e. The molecule has 28 heavy (non-hydrogen) atoms. The lowest BCUT2D eigenvalue weighted by Crippen LogP contribution is -2.63. The Kier molecular flexibility index (Phi) is 6.04. The Hall–Kier alpha value is -1.43. The summed E-state index contributed by atoms with van der Waals surface area (Å²) in [4.78, 5) is 17.2. The molecule has 3 heterocycles. The summed E-state index contributed by atoms with van der Waals surface area (Å²) in [6.45, 7) is 6.60. The number of aryl methyl sites for hydroxylation is 1. The Morgan fingerprint density at radius 3 is 2.54 bits per heavy atom. The molecule has 2 atom stereocenters. The largest absolute Gasteiger partial charge is 0.387 e. The molecular weight excluding hydrogens is 350 g/mol.